The van der Waals surface area contributed by atoms with Crippen LogP contribution in [0.2, 0.25) is 0 Å². The normalized spacial score (nSPS) is 10.6. The molecule has 120 valence electrons. The van der Waals surface area contributed by atoms with Crippen LogP contribution in [0.1, 0.15) is 21.5 Å². The Bertz CT molecular complexity index is 745. The first kappa shape index (κ1) is 17.0. The lowest BCUT2D eigenvalue weighted by atomic mass is 10.1. The van der Waals surface area contributed by atoms with Crippen molar-refractivity contribution >= 4 is 28.1 Å². The number of carbonyl (C=O) groups is 1. The molecule has 0 saturated carbocycles. The van der Waals surface area contributed by atoms with Crippen molar-refractivity contribution < 1.29 is 14.3 Å². The third kappa shape index (κ3) is 4.32. The average Bonchev–Trinajstić information content (AvgIpc) is 2.54. The molecule has 0 aliphatic rings. The molecule has 0 bridgehead atoms. The first-order valence-electron chi connectivity index (χ1n) is 6.86. The van der Waals surface area contributed by atoms with Crippen LogP contribution in [0.15, 0.2) is 46.0 Å². The predicted octanol–water partition coefficient (Wildman–Crippen LogP) is 3.54. The minimum Gasteiger partial charge on any atom is -0.496 e. The van der Waals surface area contributed by atoms with Crippen LogP contribution in [0.3, 0.4) is 0 Å². The summed E-state index contributed by atoms with van der Waals surface area (Å²) < 4.78 is 11.4. The van der Waals surface area contributed by atoms with E-state index in [0.717, 1.165) is 15.6 Å². The summed E-state index contributed by atoms with van der Waals surface area (Å²) in [4.78, 5) is 12.2. The van der Waals surface area contributed by atoms with Gasteiger partial charge in [-0.25, -0.2) is 5.43 Å². The van der Waals surface area contributed by atoms with Gasteiger partial charge in [0.25, 0.3) is 5.91 Å². The molecule has 0 aliphatic heterocycles. The number of nitrogens with one attached hydrogen (secondary N) is 1. The molecule has 2 aromatic carbocycles. The lowest BCUT2D eigenvalue weighted by molar-refractivity contribution is 0.0952. The van der Waals surface area contributed by atoms with E-state index in [1.165, 1.54) is 13.3 Å². The Kier molecular flexibility index (Phi) is 5.76. The summed E-state index contributed by atoms with van der Waals surface area (Å²) in [6, 6.07) is 10.9. The lowest BCUT2D eigenvalue weighted by Gasteiger charge is -2.08. The SMILES string of the molecule is COc1ccc(Br)cc1/C=N\NC(=O)c1ccc(C)cc1OC. The second-order valence-corrected chi connectivity index (χ2v) is 5.70. The molecule has 0 saturated heterocycles. The summed E-state index contributed by atoms with van der Waals surface area (Å²) in [5.74, 6) is 0.837. The minimum atomic E-state index is -0.341. The number of amides is 1. The summed E-state index contributed by atoms with van der Waals surface area (Å²) in [6.45, 7) is 1.93. The number of nitrogens with zero attached hydrogens (tertiary/aromatic N) is 1. The van der Waals surface area contributed by atoms with Crippen molar-refractivity contribution in [3.63, 3.8) is 0 Å². The molecule has 5 nitrogen and oxygen atoms in total. The van der Waals surface area contributed by atoms with Crippen LogP contribution < -0.4 is 14.9 Å². The Morgan fingerprint density at radius 2 is 1.87 bits per heavy atom. The monoisotopic (exact) mass is 376 g/mol. The van der Waals surface area contributed by atoms with Crippen molar-refractivity contribution in [2.24, 2.45) is 5.10 Å². The fourth-order valence-corrected chi connectivity index (χ4v) is 2.39. The highest BCUT2D eigenvalue weighted by Crippen LogP contribution is 2.22. The van der Waals surface area contributed by atoms with Gasteiger partial charge >= 0.3 is 0 Å². The van der Waals surface area contributed by atoms with Gasteiger partial charge in [0, 0.05) is 10.0 Å². The molecule has 0 heterocycles. The Morgan fingerprint density at radius 1 is 1.13 bits per heavy atom. The molecule has 0 aromatic heterocycles. The van der Waals surface area contributed by atoms with Gasteiger partial charge in [0.2, 0.25) is 0 Å². The van der Waals surface area contributed by atoms with E-state index in [4.69, 9.17) is 9.47 Å². The van der Waals surface area contributed by atoms with Gasteiger partial charge in [-0.1, -0.05) is 22.0 Å². The van der Waals surface area contributed by atoms with Gasteiger partial charge in [-0.3, -0.25) is 4.79 Å². The topological polar surface area (TPSA) is 59.9 Å². The molecule has 0 unspecified atom stereocenters. The van der Waals surface area contributed by atoms with Gasteiger partial charge < -0.3 is 9.47 Å². The molecular formula is C17H17BrN2O3. The Balaban J connectivity index is 2.15. The van der Waals surface area contributed by atoms with Crippen molar-refractivity contribution in [1.82, 2.24) is 5.43 Å². The van der Waals surface area contributed by atoms with Crippen LogP contribution in [0, 0.1) is 6.92 Å². The van der Waals surface area contributed by atoms with Crippen molar-refractivity contribution in [3.8, 4) is 11.5 Å². The number of ether oxygens (including phenoxy) is 2. The van der Waals surface area contributed by atoms with E-state index in [2.05, 4.69) is 26.5 Å². The van der Waals surface area contributed by atoms with Gasteiger partial charge in [-0.15, -0.1) is 0 Å². The van der Waals surface area contributed by atoms with E-state index in [9.17, 15) is 4.79 Å². The Morgan fingerprint density at radius 3 is 2.57 bits per heavy atom. The van der Waals surface area contributed by atoms with Crippen LogP contribution >= 0.6 is 15.9 Å². The van der Waals surface area contributed by atoms with Crippen molar-refractivity contribution in [1.29, 1.82) is 0 Å². The molecule has 2 aromatic rings. The molecule has 0 spiro atoms. The highest BCUT2D eigenvalue weighted by Gasteiger charge is 2.11. The number of aryl methyl sites for hydroxylation is 1. The van der Waals surface area contributed by atoms with Crippen LogP contribution in [0.4, 0.5) is 0 Å². The molecule has 0 atom stereocenters. The van der Waals surface area contributed by atoms with Crippen LogP contribution in [0.5, 0.6) is 11.5 Å². The van der Waals surface area contributed by atoms with Gasteiger partial charge in [-0.2, -0.15) is 5.10 Å². The smallest absolute Gasteiger partial charge is 0.275 e. The second-order valence-electron chi connectivity index (χ2n) is 4.79. The average molecular weight is 377 g/mol. The molecule has 23 heavy (non-hydrogen) atoms. The molecular weight excluding hydrogens is 360 g/mol. The number of rotatable bonds is 5. The van der Waals surface area contributed by atoms with Crippen LogP contribution in [-0.4, -0.2) is 26.3 Å². The largest absolute Gasteiger partial charge is 0.496 e. The minimum absolute atomic E-state index is 0.341. The van der Waals surface area contributed by atoms with Crippen molar-refractivity contribution in [3.05, 3.63) is 57.6 Å². The summed E-state index contributed by atoms with van der Waals surface area (Å²) >= 11 is 3.39. The molecule has 0 fully saturated rings. The zero-order valence-corrected chi connectivity index (χ0v) is 14.7. The van der Waals surface area contributed by atoms with E-state index in [0.29, 0.717) is 17.1 Å². The number of hydrogen-bond acceptors (Lipinski definition) is 4. The number of halogens is 1. The second kappa shape index (κ2) is 7.78. The number of hydrazone groups is 1. The van der Waals surface area contributed by atoms with E-state index in [1.54, 1.807) is 19.2 Å². The van der Waals surface area contributed by atoms with Gasteiger partial charge in [0.05, 0.1) is 26.0 Å². The zero-order chi connectivity index (χ0) is 16.8. The predicted molar refractivity (Wildman–Crippen MR) is 93.5 cm³/mol. The standard InChI is InChI=1S/C17H17BrN2O3/c1-11-4-6-14(16(8-11)23-3)17(21)20-19-10-12-9-13(18)5-7-15(12)22-2/h4-10H,1-3H3,(H,20,21)/b19-10-. The zero-order valence-electron chi connectivity index (χ0n) is 13.1. The molecule has 6 heteroatoms. The summed E-state index contributed by atoms with van der Waals surface area (Å²) in [7, 11) is 3.11. The molecule has 1 N–H and O–H groups in total. The number of carbonyl (C=O) groups excluding carboxylic acids is 1. The van der Waals surface area contributed by atoms with Crippen LogP contribution in [0.25, 0.3) is 0 Å². The highest BCUT2D eigenvalue weighted by molar-refractivity contribution is 9.10. The summed E-state index contributed by atoms with van der Waals surface area (Å²) in [6.07, 6.45) is 1.53. The molecule has 2 rings (SSSR count). The number of benzene rings is 2. The summed E-state index contributed by atoms with van der Waals surface area (Å²) in [5, 5.41) is 3.98. The molecule has 1 amide bonds. The van der Waals surface area contributed by atoms with Crippen LogP contribution in [-0.2, 0) is 0 Å². The van der Waals surface area contributed by atoms with Gasteiger partial charge in [0.1, 0.15) is 11.5 Å². The van der Waals surface area contributed by atoms with Gasteiger partial charge in [-0.05, 0) is 42.8 Å². The third-order valence-electron chi connectivity index (χ3n) is 3.16. The first-order valence-corrected chi connectivity index (χ1v) is 7.66. The van der Waals surface area contributed by atoms with E-state index < -0.39 is 0 Å². The third-order valence-corrected chi connectivity index (χ3v) is 3.66. The van der Waals surface area contributed by atoms with Gasteiger partial charge in [0.15, 0.2) is 0 Å². The number of methoxy groups -OCH3 is 2. The first-order chi connectivity index (χ1) is 11.0. The fraction of sp³-hybridized carbons (Fsp3) is 0.176. The summed E-state index contributed by atoms with van der Waals surface area (Å²) in [5.41, 5.74) is 4.68. The van der Waals surface area contributed by atoms with E-state index in [1.807, 2.05) is 31.2 Å². The lowest BCUT2D eigenvalue weighted by Crippen LogP contribution is -2.18. The van der Waals surface area contributed by atoms with Crippen molar-refractivity contribution in [2.45, 2.75) is 6.92 Å². The molecule has 0 aliphatic carbocycles. The Labute approximate surface area is 143 Å². The van der Waals surface area contributed by atoms with E-state index in [-0.39, 0.29) is 5.91 Å². The maximum Gasteiger partial charge on any atom is 0.275 e. The Hall–Kier alpha value is -2.34. The number of hydrogen-bond donors (Lipinski definition) is 1. The van der Waals surface area contributed by atoms with E-state index >= 15 is 0 Å². The highest BCUT2D eigenvalue weighted by atomic mass is 79.9. The quantitative estimate of drug-likeness (QED) is 0.641. The van der Waals surface area contributed by atoms with Crippen molar-refractivity contribution in [2.75, 3.05) is 14.2 Å². The fourth-order valence-electron chi connectivity index (χ4n) is 2.01. The maximum absolute atomic E-state index is 12.2. The maximum atomic E-state index is 12.2. The molecule has 0 radical (unpaired) electrons.